The first kappa shape index (κ1) is 14.5. The molecule has 0 radical (unpaired) electrons. The average molecular weight is 232 g/mol. The van der Waals surface area contributed by atoms with E-state index in [0.717, 1.165) is 6.42 Å². The molecule has 6 heteroatoms. The summed E-state index contributed by atoms with van der Waals surface area (Å²) in [6.45, 7) is 2.66. The van der Waals surface area contributed by atoms with Crippen LogP contribution in [0.1, 0.15) is 19.8 Å². The number of hydrogen-bond donors (Lipinski definition) is 1. The summed E-state index contributed by atoms with van der Waals surface area (Å²) in [4.78, 5) is 0. The Morgan fingerprint density at radius 1 is 1.27 bits per heavy atom. The summed E-state index contributed by atoms with van der Waals surface area (Å²) >= 11 is 0. The van der Waals surface area contributed by atoms with E-state index in [9.17, 15) is 0 Å². The molecule has 0 heterocycles. The minimum atomic E-state index is -2.62. The summed E-state index contributed by atoms with van der Waals surface area (Å²) in [5.41, 5.74) is 0.0332. The molecule has 1 atom stereocenters. The Labute approximate surface area is 92.7 Å². The first-order chi connectivity index (χ1) is 7.20. The highest BCUT2D eigenvalue weighted by molar-refractivity contribution is 6.62. The highest BCUT2D eigenvalue weighted by Gasteiger charge is 2.46. The monoisotopic (exact) mass is 232 g/mol. The van der Waals surface area contributed by atoms with Crippen molar-refractivity contribution in [1.29, 1.82) is 5.26 Å². The zero-order valence-corrected chi connectivity index (χ0v) is 10.9. The molecule has 5 nitrogen and oxygen atoms in total. The fourth-order valence-electron chi connectivity index (χ4n) is 1.50. The van der Waals surface area contributed by atoms with Crippen molar-refractivity contribution in [2.45, 2.75) is 25.4 Å². The largest absolute Gasteiger partial charge is 0.517 e. The van der Waals surface area contributed by atoms with E-state index < -0.39 is 8.80 Å². The summed E-state index contributed by atoms with van der Waals surface area (Å²) < 4.78 is 16.1. The van der Waals surface area contributed by atoms with E-state index in [-0.39, 0.29) is 5.67 Å². The van der Waals surface area contributed by atoms with Crippen LogP contribution in [-0.4, -0.2) is 42.3 Å². The van der Waals surface area contributed by atoms with Gasteiger partial charge >= 0.3 is 8.80 Å². The van der Waals surface area contributed by atoms with Crippen molar-refractivity contribution in [1.82, 2.24) is 5.32 Å². The fourth-order valence-corrected chi connectivity index (χ4v) is 3.75. The number of nitrogens with zero attached hydrogens (tertiary/aromatic N) is 1. The van der Waals surface area contributed by atoms with Crippen LogP contribution in [-0.2, 0) is 13.3 Å². The molecule has 0 rings (SSSR count). The summed E-state index contributed by atoms with van der Waals surface area (Å²) in [6, 6.07) is 2.08. The molecule has 0 aromatic heterocycles. The zero-order chi connectivity index (χ0) is 11.7. The molecule has 1 N–H and O–H groups in total. The maximum atomic E-state index is 8.45. The second kappa shape index (κ2) is 7.79. The van der Waals surface area contributed by atoms with Crippen molar-refractivity contribution in [2.75, 3.05) is 27.9 Å². The van der Waals surface area contributed by atoms with E-state index in [0.29, 0.717) is 13.0 Å². The number of nitriles is 1. The first-order valence-electron chi connectivity index (χ1n) is 4.96. The van der Waals surface area contributed by atoms with Crippen LogP contribution in [0.2, 0.25) is 0 Å². The maximum Gasteiger partial charge on any atom is 0.517 e. The molecular weight excluding hydrogens is 212 g/mol. The normalized spacial score (nSPS) is 13.5. The molecule has 0 spiro atoms. The number of rotatable bonds is 8. The Kier molecular flexibility index (Phi) is 7.55. The van der Waals surface area contributed by atoms with Crippen molar-refractivity contribution in [2.24, 2.45) is 0 Å². The third-order valence-electron chi connectivity index (χ3n) is 2.32. The number of hydrogen-bond acceptors (Lipinski definition) is 5. The van der Waals surface area contributed by atoms with Gasteiger partial charge in [0.05, 0.1) is 11.7 Å². The second-order valence-corrected chi connectivity index (χ2v) is 6.17. The topological polar surface area (TPSA) is 63.5 Å². The Balaban J connectivity index is 4.39. The van der Waals surface area contributed by atoms with Crippen molar-refractivity contribution in [3.8, 4) is 6.07 Å². The minimum Gasteiger partial charge on any atom is -0.376 e. The quantitative estimate of drug-likeness (QED) is 0.492. The van der Waals surface area contributed by atoms with Crippen LogP contribution in [0.5, 0.6) is 0 Å². The SMILES string of the molecule is CCC(NCCC#N)[Si](OC)(OC)OC. The van der Waals surface area contributed by atoms with E-state index in [2.05, 4.69) is 11.4 Å². The van der Waals surface area contributed by atoms with Crippen molar-refractivity contribution < 1.29 is 13.3 Å². The van der Waals surface area contributed by atoms with Gasteiger partial charge in [-0.2, -0.15) is 5.26 Å². The smallest absolute Gasteiger partial charge is 0.376 e. The lowest BCUT2D eigenvalue weighted by molar-refractivity contribution is 0.106. The van der Waals surface area contributed by atoms with E-state index in [1.54, 1.807) is 21.3 Å². The first-order valence-corrected chi connectivity index (χ1v) is 6.76. The lowest BCUT2D eigenvalue weighted by atomic mass is 10.4. The summed E-state index contributed by atoms with van der Waals surface area (Å²) in [5.74, 6) is 0. The highest BCUT2D eigenvalue weighted by atomic mass is 28.4. The van der Waals surface area contributed by atoms with Gasteiger partial charge in [-0.25, -0.2) is 0 Å². The zero-order valence-electron chi connectivity index (χ0n) is 9.87. The van der Waals surface area contributed by atoms with Crippen LogP contribution >= 0.6 is 0 Å². The molecule has 1 unspecified atom stereocenters. The van der Waals surface area contributed by atoms with Crippen molar-refractivity contribution in [3.63, 3.8) is 0 Å². The molecule has 0 aliphatic rings. The van der Waals surface area contributed by atoms with Crippen LogP contribution in [0.25, 0.3) is 0 Å². The van der Waals surface area contributed by atoms with Gasteiger partial charge in [0.2, 0.25) is 0 Å². The third-order valence-corrected chi connectivity index (χ3v) is 5.49. The molecule has 0 aromatic rings. The Morgan fingerprint density at radius 2 is 1.80 bits per heavy atom. The molecule has 0 bridgehead atoms. The van der Waals surface area contributed by atoms with Gasteiger partial charge in [-0.3, -0.25) is 0 Å². The van der Waals surface area contributed by atoms with Crippen LogP contribution in [0.15, 0.2) is 0 Å². The fraction of sp³-hybridized carbons (Fsp3) is 0.889. The molecule has 15 heavy (non-hydrogen) atoms. The van der Waals surface area contributed by atoms with Gasteiger partial charge in [-0.05, 0) is 6.42 Å². The van der Waals surface area contributed by atoms with Crippen LogP contribution in [0, 0.1) is 11.3 Å². The second-order valence-electron chi connectivity index (χ2n) is 3.04. The molecule has 0 aromatic carbocycles. The van der Waals surface area contributed by atoms with Crippen LogP contribution < -0.4 is 5.32 Å². The molecule has 0 fully saturated rings. The standard InChI is InChI=1S/C9H20N2O3Si/c1-5-9(11-8-6-7-10)15(12-2,13-3)14-4/h9,11H,5-6,8H2,1-4H3. The van der Waals surface area contributed by atoms with Gasteiger partial charge < -0.3 is 18.6 Å². The molecule has 0 aliphatic heterocycles. The molecule has 88 valence electrons. The molecule has 0 saturated heterocycles. The van der Waals surface area contributed by atoms with Crippen LogP contribution in [0.4, 0.5) is 0 Å². The van der Waals surface area contributed by atoms with Gasteiger partial charge in [0.15, 0.2) is 0 Å². The van der Waals surface area contributed by atoms with Gasteiger partial charge in [0, 0.05) is 34.3 Å². The molecule has 0 aliphatic carbocycles. The average Bonchev–Trinajstić information content (AvgIpc) is 2.29. The molecule has 0 saturated carbocycles. The van der Waals surface area contributed by atoms with Gasteiger partial charge in [0.25, 0.3) is 0 Å². The predicted octanol–water partition coefficient (Wildman–Crippen LogP) is 0.686. The molecular formula is C9H20N2O3Si. The summed E-state index contributed by atoms with van der Waals surface area (Å²) in [6.07, 6.45) is 1.31. The van der Waals surface area contributed by atoms with Crippen molar-refractivity contribution in [3.05, 3.63) is 0 Å². The lowest BCUT2D eigenvalue weighted by Crippen LogP contribution is -2.60. The molecule has 0 amide bonds. The van der Waals surface area contributed by atoms with E-state index >= 15 is 0 Å². The van der Waals surface area contributed by atoms with Gasteiger partial charge in [-0.15, -0.1) is 0 Å². The predicted molar refractivity (Wildman–Crippen MR) is 59.1 cm³/mol. The van der Waals surface area contributed by atoms with E-state index in [1.807, 2.05) is 6.92 Å². The maximum absolute atomic E-state index is 8.45. The number of nitrogens with one attached hydrogen (secondary N) is 1. The Bertz CT molecular complexity index is 196. The van der Waals surface area contributed by atoms with E-state index in [4.69, 9.17) is 18.5 Å². The van der Waals surface area contributed by atoms with E-state index in [1.165, 1.54) is 0 Å². The summed E-state index contributed by atoms with van der Waals surface area (Å²) in [7, 11) is 2.16. The van der Waals surface area contributed by atoms with Gasteiger partial charge in [-0.1, -0.05) is 6.92 Å². The third kappa shape index (κ3) is 3.89. The lowest BCUT2D eigenvalue weighted by Gasteiger charge is -2.32. The Hall–Kier alpha value is -0.453. The summed E-state index contributed by atoms with van der Waals surface area (Å²) in [5, 5.41) is 11.7. The Morgan fingerprint density at radius 3 is 2.13 bits per heavy atom. The highest BCUT2D eigenvalue weighted by Crippen LogP contribution is 2.14. The van der Waals surface area contributed by atoms with Crippen LogP contribution in [0.3, 0.4) is 0 Å². The van der Waals surface area contributed by atoms with Crippen molar-refractivity contribution >= 4 is 8.80 Å². The van der Waals surface area contributed by atoms with Gasteiger partial charge in [0.1, 0.15) is 0 Å². The minimum absolute atomic E-state index is 0.0332.